The van der Waals surface area contributed by atoms with Crippen LogP contribution in [0.2, 0.25) is 0 Å². The molecular weight excluding hydrogens is 294 g/mol. The predicted molar refractivity (Wildman–Crippen MR) is 87.8 cm³/mol. The van der Waals surface area contributed by atoms with Gasteiger partial charge in [-0.25, -0.2) is 4.68 Å². The molecular formula is C16H21N5S. The fraction of sp³-hybridized carbons (Fsp3) is 0.562. The van der Waals surface area contributed by atoms with E-state index in [4.69, 9.17) is 17.3 Å². The van der Waals surface area contributed by atoms with Crippen molar-refractivity contribution in [2.45, 2.75) is 45.4 Å². The summed E-state index contributed by atoms with van der Waals surface area (Å²) in [6.45, 7) is 4.98. The van der Waals surface area contributed by atoms with E-state index in [-0.39, 0.29) is 0 Å². The molecule has 2 atom stereocenters. The molecule has 2 aromatic rings. The first-order chi connectivity index (χ1) is 10.8. The van der Waals surface area contributed by atoms with Crippen LogP contribution in [0.4, 0.5) is 0 Å². The number of fused-ring (bicyclic) bond motifs is 2. The molecule has 1 aliphatic carbocycles. The van der Waals surface area contributed by atoms with Crippen LogP contribution in [0, 0.1) is 10.7 Å². The highest BCUT2D eigenvalue weighted by Crippen LogP contribution is 2.37. The fourth-order valence-electron chi connectivity index (χ4n) is 3.90. The molecule has 0 spiro atoms. The van der Waals surface area contributed by atoms with Crippen molar-refractivity contribution in [2.75, 3.05) is 6.54 Å². The van der Waals surface area contributed by atoms with E-state index >= 15 is 0 Å². The van der Waals surface area contributed by atoms with Crippen molar-refractivity contribution in [1.29, 1.82) is 0 Å². The van der Waals surface area contributed by atoms with E-state index in [2.05, 4.69) is 21.4 Å². The van der Waals surface area contributed by atoms with E-state index in [0.29, 0.717) is 0 Å². The van der Waals surface area contributed by atoms with Crippen LogP contribution in [0.15, 0.2) is 24.5 Å². The molecule has 2 aliphatic rings. The third-order valence-electron chi connectivity index (χ3n) is 5.02. The van der Waals surface area contributed by atoms with Crippen LogP contribution in [-0.2, 0) is 13.2 Å². The number of hydrogen-bond acceptors (Lipinski definition) is 4. The molecule has 0 amide bonds. The topological polar surface area (TPSA) is 38.9 Å². The van der Waals surface area contributed by atoms with Gasteiger partial charge in [0.25, 0.3) is 0 Å². The zero-order valence-corrected chi connectivity index (χ0v) is 13.7. The first-order valence-electron chi connectivity index (χ1n) is 8.08. The molecule has 0 radical (unpaired) electrons. The van der Waals surface area contributed by atoms with Crippen LogP contribution in [0.25, 0.3) is 11.4 Å². The molecule has 4 rings (SSSR count). The van der Waals surface area contributed by atoms with E-state index < -0.39 is 0 Å². The lowest BCUT2D eigenvalue weighted by molar-refractivity contribution is 0.158. The fourth-order valence-corrected chi connectivity index (χ4v) is 4.22. The quantitative estimate of drug-likeness (QED) is 0.813. The standard InChI is InChI=1S/C16H21N5S/c1-2-20-15(13-5-7-17-8-6-13)18-21(16(20)22)11-19-10-12-3-4-14(19)9-12/h5-8,12,14H,2-4,9-11H2,1H3. The molecule has 116 valence electrons. The summed E-state index contributed by atoms with van der Waals surface area (Å²) in [4.78, 5) is 6.64. The van der Waals surface area contributed by atoms with Gasteiger partial charge < -0.3 is 4.57 Å². The van der Waals surface area contributed by atoms with Crippen molar-refractivity contribution in [3.05, 3.63) is 29.3 Å². The van der Waals surface area contributed by atoms with E-state index in [1.807, 2.05) is 16.8 Å². The summed E-state index contributed by atoms with van der Waals surface area (Å²) < 4.78 is 4.92. The van der Waals surface area contributed by atoms with Gasteiger partial charge in [-0.2, -0.15) is 5.10 Å². The lowest BCUT2D eigenvalue weighted by atomic mass is 10.1. The normalized spacial score (nSPS) is 24.2. The molecule has 2 bridgehead atoms. The van der Waals surface area contributed by atoms with Gasteiger partial charge in [0.1, 0.15) is 0 Å². The second kappa shape index (κ2) is 5.59. The Kier molecular flexibility index (Phi) is 3.58. The second-order valence-electron chi connectivity index (χ2n) is 6.33. The number of hydrogen-bond donors (Lipinski definition) is 0. The van der Waals surface area contributed by atoms with Crippen molar-refractivity contribution in [1.82, 2.24) is 24.2 Å². The van der Waals surface area contributed by atoms with Crippen LogP contribution in [-0.4, -0.2) is 36.8 Å². The Bertz CT molecular complexity index is 720. The maximum atomic E-state index is 5.65. The maximum Gasteiger partial charge on any atom is 0.199 e. The number of pyridine rings is 1. The van der Waals surface area contributed by atoms with Gasteiger partial charge in [0.2, 0.25) is 0 Å². The number of likely N-dealkylation sites (tertiary alicyclic amines) is 1. The largest absolute Gasteiger partial charge is 0.300 e. The maximum absolute atomic E-state index is 5.65. The molecule has 1 aliphatic heterocycles. The average molecular weight is 315 g/mol. The summed E-state index contributed by atoms with van der Waals surface area (Å²) >= 11 is 5.65. The molecule has 1 saturated heterocycles. The van der Waals surface area contributed by atoms with Crippen molar-refractivity contribution < 1.29 is 0 Å². The number of rotatable bonds is 4. The molecule has 3 heterocycles. The SMILES string of the molecule is CCn1c(-c2ccncc2)nn(CN2CC3CCC2C3)c1=S. The molecule has 5 nitrogen and oxygen atoms in total. The molecule has 22 heavy (non-hydrogen) atoms. The van der Waals surface area contributed by atoms with Gasteiger partial charge in [0.05, 0.1) is 6.67 Å². The van der Waals surface area contributed by atoms with Crippen molar-refractivity contribution in [3.8, 4) is 11.4 Å². The first kappa shape index (κ1) is 14.1. The van der Waals surface area contributed by atoms with E-state index in [9.17, 15) is 0 Å². The zero-order valence-electron chi connectivity index (χ0n) is 12.9. The molecule has 2 aromatic heterocycles. The van der Waals surface area contributed by atoms with Crippen molar-refractivity contribution in [2.24, 2.45) is 5.92 Å². The Morgan fingerprint density at radius 2 is 2.09 bits per heavy atom. The van der Waals surface area contributed by atoms with E-state index in [1.165, 1.54) is 25.8 Å². The van der Waals surface area contributed by atoms with E-state index in [1.54, 1.807) is 12.4 Å². The van der Waals surface area contributed by atoms with Crippen LogP contribution in [0.1, 0.15) is 26.2 Å². The molecule has 6 heteroatoms. The van der Waals surface area contributed by atoms with Gasteiger partial charge in [-0.3, -0.25) is 9.88 Å². The highest BCUT2D eigenvalue weighted by molar-refractivity contribution is 7.71. The zero-order chi connectivity index (χ0) is 15.1. The Hall–Kier alpha value is -1.53. The molecule has 0 N–H and O–H groups in total. The summed E-state index contributed by atoms with van der Waals surface area (Å²) in [5.41, 5.74) is 1.07. The van der Waals surface area contributed by atoms with Crippen LogP contribution < -0.4 is 0 Å². The van der Waals surface area contributed by atoms with Gasteiger partial charge in [-0.1, -0.05) is 0 Å². The summed E-state index contributed by atoms with van der Waals surface area (Å²) in [5, 5.41) is 4.80. The lowest BCUT2D eigenvalue weighted by Crippen LogP contribution is -2.34. The van der Waals surface area contributed by atoms with Crippen LogP contribution in [0.3, 0.4) is 0 Å². The van der Waals surface area contributed by atoms with Gasteiger partial charge in [0.15, 0.2) is 10.6 Å². The molecule has 2 fully saturated rings. The predicted octanol–water partition coefficient (Wildman–Crippen LogP) is 2.94. The smallest absolute Gasteiger partial charge is 0.199 e. The monoisotopic (exact) mass is 315 g/mol. The minimum absolute atomic E-state index is 0.739. The van der Waals surface area contributed by atoms with Gasteiger partial charge in [-0.05, 0) is 56.5 Å². The Morgan fingerprint density at radius 1 is 1.27 bits per heavy atom. The van der Waals surface area contributed by atoms with Crippen LogP contribution in [0.5, 0.6) is 0 Å². The van der Waals surface area contributed by atoms with Gasteiger partial charge >= 0.3 is 0 Å². The number of nitrogens with zero attached hydrogens (tertiary/aromatic N) is 5. The van der Waals surface area contributed by atoms with Crippen LogP contribution >= 0.6 is 12.2 Å². The Labute approximate surface area is 135 Å². The van der Waals surface area contributed by atoms with E-state index in [0.717, 1.165) is 41.3 Å². The molecule has 1 saturated carbocycles. The summed E-state index contributed by atoms with van der Waals surface area (Å²) in [5.74, 6) is 1.84. The molecule has 2 unspecified atom stereocenters. The third-order valence-corrected chi connectivity index (χ3v) is 5.45. The molecule has 0 aromatic carbocycles. The highest BCUT2D eigenvalue weighted by atomic mass is 32.1. The lowest BCUT2D eigenvalue weighted by Gasteiger charge is -2.26. The number of piperidine rings is 1. The summed E-state index contributed by atoms with van der Waals surface area (Å²) in [6.07, 6.45) is 7.70. The van der Waals surface area contributed by atoms with Gasteiger partial charge in [0, 0.05) is 37.1 Å². The Balaban J connectivity index is 1.66. The van der Waals surface area contributed by atoms with Crippen molar-refractivity contribution >= 4 is 12.2 Å². The summed E-state index contributed by atoms with van der Waals surface area (Å²) in [7, 11) is 0. The van der Waals surface area contributed by atoms with Gasteiger partial charge in [-0.15, -0.1) is 0 Å². The third kappa shape index (κ3) is 2.30. The average Bonchev–Trinajstić information content (AvgIpc) is 3.24. The summed E-state index contributed by atoms with van der Waals surface area (Å²) in [6, 6.07) is 4.72. The highest BCUT2D eigenvalue weighted by Gasteiger charge is 2.37. The minimum Gasteiger partial charge on any atom is -0.300 e. The van der Waals surface area contributed by atoms with Crippen molar-refractivity contribution in [3.63, 3.8) is 0 Å². The second-order valence-corrected chi connectivity index (χ2v) is 6.70. The number of aromatic nitrogens is 4. The minimum atomic E-state index is 0.739. The first-order valence-corrected chi connectivity index (χ1v) is 8.49. The Morgan fingerprint density at radius 3 is 2.73 bits per heavy atom.